The Morgan fingerprint density at radius 3 is 2.22 bits per heavy atom. The Morgan fingerprint density at radius 2 is 1.67 bits per heavy atom. The van der Waals surface area contributed by atoms with E-state index in [1.165, 1.54) is 38.5 Å². The fourth-order valence-electron chi connectivity index (χ4n) is 5.48. The average molecular weight is 243 g/mol. The van der Waals surface area contributed by atoms with Crippen LogP contribution < -0.4 is 10.3 Å². The number of aromatic nitrogens is 1. The van der Waals surface area contributed by atoms with Crippen LogP contribution in [0.25, 0.3) is 0 Å². The van der Waals surface area contributed by atoms with Crippen molar-refractivity contribution in [2.24, 2.45) is 23.2 Å². The standard InChI is InChI=1S/C16H22N2/c17-15-3-1-2-4-18(15)11-16-8-12-5-13(9-16)7-14(6-12)10-16/h1-4,12-14,17H,5-11H2/p+1. The van der Waals surface area contributed by atoms with Crippen molar-refractivity contribution >= 4 is 5.82 Å². The smallest absolute Gasteiger partial charge is 0.272 e. The Bertz CT molecular complexity index is 431. The summed E-state index contributed by atoms with van der Waals surface area (Å²) in [5.74, 6) is 4.01. The van der Waals surface area contributed by atoms with E-state index >= 15 is 0 Å². The molecule has 0 saturated heterocycles. The van der Waals surface area contributed by atoms with Gasteiger partial charge >= 0.3 is 0 Å². The minimum absolute atomic E-state index is 0.578. The molecular formula is C16H23N2+. The van der Waals surface area contributed by atoms with E-state index in [1.54, 1.807) is 0 Å². The molecule has 0 aromatic carbocycles. The molecule has 4 fully saturated rings. The maximum absolute atomic E-state index is 6.11. The molecule has 0 radical (unpaired) electrons. The summed E-state index contributed by atoms with van der Waals surface area (Å²) in [6, 6.07) is 6.17. The van der Waals surface area contributed by atoms with Crippen LogP contribution in [0.4, 0.5) is 5.82 Å². The zero-order chi connectivity index (χ0) is 12.2. The summed E-state index contributed by atoms with van der Waals surface area (Å²) in [4.78, 5) is 0. The van der Waals surface area contributed by atoms with Crippen LogP contribution in [0.5, 0.6) is 0 Å². The summed E-state index contributed by atoms with van der Waals surface area (Å²) in [5, 5.41) is 0. The van der Waals surface area contributed by atoms with Crippen molar-refractivity contribution in [1.82, 2.24) is 0 Å². The highest BCUT2D eigenvalue weighted by atomic mass is 15.0. The summed E-state index contributed by atoms with van der Waals surface area (Å²) in [6.45, 7) is 1.16. The Labute approximate surface area is 109 Å². The van der Waals surface area contributed by atoms with Crippen molar-refractivity contribution in [2.75, 3.05) is 5.73 Å². The molecule has 0 unspecified atom stereocenters. The van der Waals surface area contributed by atoms with Gasteiger partial charge in [0.15, 0.2) is 0 Å². The van der Waals surface area contributed by atoms with Crippen molar-refractivity contribution in [2.45, 2.75) is 45.1 Å². The lowest BCUT2D eigenvalue weighted by atomic mass is 9.49. The molecule has 2 nitrogen and oxygen atoms in total. The molecule has 2 N–H and O–H groups in total. The molecule has 4 saturated carbocycles. The Kier molecular flexibility index (Phi) is 2.24. The number of hydrogen-bond donors (Lipinski definition) is 1. The van der Waals surface area contributed by atoms with Crippen LogP contribution in [0.3, 0.4) is 0 Å². The van der Waals surface area contributed by atoms with Gasteiger partial charge in [-0.1, -0.05) is 6.07 Å². The minimum atomic E-state index is 0.578. The lowest BCUT2D eigenvalue weighted by Gasteiger charge is -2.56. The maximum atomic E-state index is 6.11. The van der Waals surface area contributed by atoms with Gasteiger partial charge in [-0.15, -0.1) is 0 Å². The van der Waals surface area contributed by atoms with E-state index in [0.29, 0.717) is 5.41 Å². The third kappa shape index (κ3) is 1.65. The van der Waals surface area contributed by atoms with Crippen LogP contribution in [0, 0.1) is 23.2 Å². The molecule has 18 heavy (non-hydrogen) atoms. The highest BCUT2D eigenvalue weighted by Crippen LogP contribution is 2.60. The second-order valence-electron chi connectivity index (χ2n) is 7.17. The Hall–Kier alpha value is -1.05. The second kappa shape index (κ2) is 3.72. The van der Waals surface area contributed by atoms with Crippen molar-refractivity contribution in [3.05, 3.63) is 24.4 Å². The number of pyridine rings is 1. The predicted octanol–water partition coefficient (Wildman–Crippen LogP) is 2.77. The van der Waals surface area contributed by atoms with Crippen LogP contribution >= 0.6 is 0 Å². The lowest BCUT2D eigenvalue weighted by Crippen LogP contribution is -2.54. The zero-order valence-corrected chi connectivity index (χ0v) is 11.0. The van der Waals surface area contributed by atoms with Crippen LogP contribution in [-0.4, -0.2) is 0 Å². The molecule has 2 heteroatoms. The molecule has 5 rings (SSSR count). The van der Waals surface area contributed by atoms with Crippen molar-refractivity contribution in [3.8, 4) is 0 Å². The quantitative estimate of drug-likeness (QED) is 0.795. The first-order valence-corrected chi connectivity index (χ1v) is 7.46. The van der Waals surface area contributed by atoms with Gasteiger partial charge in [0.25, 0.3) is 5.82 Å². The van der Waals surface area contributed by atoms with Gasteiger partial charge in [0.05, 0.1) is 12.7 Å². The summed E-state index contributed by atoms with van der Waals surface area (Å²) < 4.78 is 2.28. The molecule has 4 aliphatic rings. The van der Waals surface area contributed by atoms with Gasteiger partial charge in [-0.2, -0.15) is 0 Å². The summed E-state index contributed by atoms with van der Waals surface area (Å²) in [6.07, 6.45) is 11.1. The lowest BCUT2D eigenvalue weighted by molar-refractivity contribution is -0.698. The predicted molar refractivity (Wildman–Crippen MR) is 71.7 cm³/mol. The first kappa shape index (κ1) is 10.8. The van der Waals surface area contributed by atoms with Crippen molar-refractivity contribution < 1.29 is 4.57 Å². The Morgan fingerprint density at radius 1 is 1.06 bits per heavy atom. The maximum Gasteiger partial charge on any atom is 0.272 e. The average Bonchev–Trinajstić information content (AvgIpc) is 2.30. The molecule has 0 aliphatic heterocycles. The van der Waals surface area contributed by atoms with Crippen LogP contribution in [0.15, 0.2) is 24.4 Å². The van der Waals surface area contributed by atoms with Gasteiger partial charge in [0.2, 0.25) is 0 Å². The number of anilines is 1. The molecule has 4 aliphatic carbocycles. The largest absolute Gasteiger partial charge is 0.287 e. The van der Waals surface area contributed by atoms with Crippen LogP contribution in [0.2, 0.25) is 0 Å². The van der Waals surface area contributed by atoms with Crippen molar-refractivity contribution in [3.63, 3.8) is 0 Å². The molecule has 1 aromatic heterocycles. The van der Waals surface area contributed by atoms with E-state index in [2.05, 4.69) is 16.8 Å². The van der Waals surface area contributed by atoms with Gasteiger partial charge in [-0.05, 0) is 62.3 Å². The van der Waals surface area contributed by atoms with E-state index < -0.39 is 0 Å². The molecule has 0 atom stereocenters. The van der Waals surface area contributed by atoms with E-state index in [9.17, 15) is 0 Å². The summed E-state index contributed by atoms with van der Waals surface area (Å²) in [7, 11) is 0. The van der Waals surface area contributed by atoms with E-state index in [-0.39, 0.29) is 0 Å². The number of nitrogen functional groups attached to an aromatic ring is 1. The monoisotopic (exact) mass is 243 g/mol. The number of hydrogen-bond acceptors (Lipinski definition) is 1. The third-order valence-corrected chi connectivity index (χ3v) is 5.65. The molecular weight excluding hydrogens is 220 g/mol. The van der Waals surface area contributed by atoms with Gasteiger partial charge in [0, 0.05) is 11.5 Å². The van der Waals surface area contributed by atoms with Gasteiger partial charge in [0.1, 0.15) is 0 Å². The van der Waals surface area contributed by atoms with Crippen LogP contribution in [0.1, 0.15) is 38.5 Å². The molecule has 0 amide bonds. The van der Waals surface area contributed by atoms with E-state index in [0.717, 1.165) is 30.1 Å². The summed E-state index contributed by atoms with van der Waals surface area (Å²) >= 11 is 0. The fourth-order valence-corrected chi connectivity index (χ4v) is 5.48. The highest BCUT2D eigenvalue weighted by Gasteiger charge is 2.51. The number of nitrogens with zero attached hydrogens (tertiary/aromatic N) is 1. The first-order chi connectivity index (χ1) is 8.72. The second-order valence-corrected chi connectivity index (χ2v) is 7.17. The molecule has 1 heterocycles. The van der Waals surface area contributed by atoms with E-state index in [4.69, 9.17) is 5.73 Å². The highest BCUT2D eigenvalue weighted by molar-refractivity contribution is 5.18. The molecule has 1 aromatic rings. The van der Waals surface area contributed by atoms with Crippen LogP contribution in [-0.2, 0) is 6.54 Å². The van der Waals surface area contributed by atoms with Gasteiger partial charge in [-0.25, -0.2) is 4.57 Å². The van der Waals surface area contributed by atoms with E-state index in [1.807, 2.05) is 12.1 Å². The SMILES string of the molecule is Nc1cccc[n+]1CC12CC3CC(CC(C3)C1)C2. The molecule has 0 spiro atoms. The normalized spacial score (nSPS) is 41.2. The zero-order valence-electron chi connectivity index (χ0n) is 11.0. The number of nitrogens with two attached hydrogens (primary N) is 1. The topological polar surface area (TPSA) is 29.9 Å². The van der Waals surface area contributed by atoms with Crippen molar-refractivity contribution in [1.29, 1.82) is 0 Å². The van der Waals surface area contributed by atoms with Gasteiger partial charge < -0.3 is 0 Å². The minimum Gasteiger partial charge on any atom is -0.287 e. The first-order valence-electron chi connectivity index (χ1n) is 7.46. The van der Waals surface area contributed by atoms with Gasteiger partial charge in [-0.3, -0.25) is 5.73 Å². The molecule has 4 bridgehead atoms. The molecule has 96 valence electrons. The Balaban J connectivity index is 1.63. The summed E-state index contributed by atoms with van der Waals surface area (Å²) in [5.41, 5.74) is 6.69. The number of rotatable bonds is 2. The third-order valence-electron chi connectivity index (χ3n) is 5.65. The fraction of sp³-hybridized carbons (Fsp3) is 0.688.